The number of nitrogens with one attached hydrogen (secondary N) is 1. The fourth-order valence-electron chi connectivity index (χ4n) is 2.32. The minimum absolute atomic E-state index is 0.168. The van der Waals surface area contributed by atoms with Crippen molar-refractivity contribution < 1.29 is 4.79 Å². The molecule has 0 radical (unpaired) electrons. The standard InChI is InChI=1S/C13H26N2O/c1-3-13(2,10-14)15-12(16)9-8-11-6-4-5-7-11/h11H,3-10,14H2,1-2H3,(H,15,16). The Kier molecular flexibility index (Phi) is 5.26. The van der Waals surface area contributed by atoms with Gasteiger partial charge in [0.25, 0.3) is 0 Å². The Hall–Kier alpha value is -0.570. The summed E-state index contributed by atoms with van der Waals surface area (Å²) in [6.45, 7) is 4.59. The molecule has 1 aliphatic carbocycles. The van der Waals surface area contributed by atoms with E-state index in [1.807, 2.05) is 6.92 Å². The van der Waals surface area contributed by atoms with Crippen LogP contribution in [0.2, 0.25) is 0 Å². The van der Waals surface area contributed by atoms with Gasteiger partial charge in [0.1, 0.15) is 0 Å². The van der Waals surface area contributed by atoms with Crippen LogP contribution < -0.4 is 11.1 Å². The number of nitrogens with two attached hydrogens (primary N) is 1. The van der Waals surface area contributed by atoms with Crippen LogP contribution >= 0.6 is 0 Å². The maximum atomic E-state index is 11.8. The number of carbonyl (C=O) groups is 1. The molecule has 1 saturated carbocycles. The molecule has 3 heteroatoms. The quantitative estimate of drug-likeness (QED) is 0.729. The number of carbonyl (C=O) groups excluding carboxylic acids is 1. The highest BCUT2D eigenvalue weighted by Crippen LogP contribution is 2.28. The summed E-state index contributed by atoms with van der Waals surface area (Å²) in [7, 11) is 0. The van der Waals surface area contributed by atoms with Crippen LogP contribution in [-0.2, 0) is 4.79 Å². The van der Waals surface area contributed by atoms with Gasteiger partial charge in [0.15, 0.2) is 0 Å². The van der Waals surface area contributed by atoms with Crippen LogP contribution in [0.15, 0.2) is 0 Å². The van der Waals surface area contributed by atoms with Crippen molar-refractivity contribution in [2.24, 2.45) is 11.7 Å². The molecule has 0 aromatic carbocycles. The zero-order valence-corrected chi connectivity index (χ0v) is 10.7. The third-order valence-corrected chi connectivity index (χ3v) is 3.93. The van der Waals surface area contributed by atoms with Crippen molar-refractivity contribution in [1.29, 1.82) is 0 Å². The zero-order chi connectivity index (χ0) is 12.0. The summed E-state index contributed by atoms with van der Waals surface area (Å²) in [5, 5.41) is 3.05. The zero-order valence-electron chi connectivity index (χ0n) is 10.7. The molecule has 1 rings (SSSR count). The number of rotatable bonds is 6. The van der Waals surface area contributed by atoms with Gasteiger partial charge in [-0.25, -0.2) is 0 Å². The Morgan fingerprint density at radius 1 is 1.44 bits per heavy atom. The monoisotopic (exact) mass is 226 g/mol. The minimum atomic E-state index is -0.216. The molecule has 3 N–H and O–H groups in total. The highest BCUT2D eigenvalue weighted by Gasteiger charge is 2.23. The lowest BCUT2D eigenvalue weighted by atomic mass is 9.97. The van der Waals surface area contributed by atoms with Gasteiger partial charge in [0, 0.05) is 18.5 Å². The van der Waals surface area contributed by atoms with Crippen LogP contribution in [0.25, 0.3) is 0 Å². The molecule has 0 aliphatic heterocycles. The molecule has 0 heterocycles. The molecule has 0 bridgehead atoms. The first-order chi connectivity index (χ1) is 7.59. The Morgan fingerprint density at radius 2 is 2.06 bits per heavy atom. The lowest BCUT2D eigenvalue weighted by Crippen LogP contribution is -2.50. The van der Waals surface area contributed by atoms with Crippen LogP contribution in [0.3, 0.4) is 0 Å². The fraction of sp³-hybridized carbons (Fsp3) is 0.923. The second-order valence-corrected chi connectivity index (χ2v) is 5.36. The van der Waals surface area contributed by atoms with E-state index in [4.69, 9.17) is 5.73 Å². The molecule has 1 aliphatic rings. The van der Waals surface area contributed by atoms with E-state index < -0.39 is 0 Å². The SMILES string of the molecule is CCC(C)(CN)NC(=O)CCC1CCCC1. The Morgan fingerprint density at radius 3 is 2.56 bits per heavy atom. The van der Waals surface area contributed by atoms with Crippen molar-refractivity contribution in [2.75, 3.05) is 6.54 Å². The van der Waals surface area contributed by atoms with Crippen LogP contribution in [0.4, 0.5) is 0 Å². The molecule has 1 amide bonds. The molecular weight excluding hydrogens is 200 g/mol. The van der Waals surface area contributed by atoms with E-state index in [1.54, 1.807) is 0 Å². The lowest BCUT2D eigenvalue weighted by molar-refractivity contribution is -0.123. The normalized spacial score (nSPS) is 20.7. The van der Waals surface area contributed by atoms with Gasteiger partial charge < -0.3 is 11.1 Å². The smallest absolute Gasteiger partial charge is 0.220 e. The molecular formula is C13H26N2O. The first-order valence-corrected chi connectivity index (χ1v) is 6.60. The van der Waals surface area contributed by atoms with E-state index in [1.165, 1.54) is 25.7 Å². The molecule has 0 spiro atoms. The van der Waals surface area contributed by atoms with Crippen molar-refractivity contribution in [2.45, 2.75) is 64.3 Å². The van der Waals surface area contributed by atoms with Gasteiger partial charge in [0.05, 0.1) is 0 Å². The van der Waals surface area contributed by atoms with Gasteiger partial charge in [-0.15, -0.1) is 0 Å². The average molecular weight is 226 g/mol. The van der Waals surface area contributed by atoms with Crippen molar-refractivity contribution in [3.05, 3.63) is 0 Å². The molecule has 1 atom stereocenters. The first-order valence-electron chi connectivity index (χ1n) is 6.60. The molecule has 0 saturated heterocycles. The van der Waals surface area contributed by atoms with Crippen LogP contribution in [0.5, 0.6) is 0 Å². The lowest BCUT2D eigenvalue weighted by Gasteiger charge is -2.28. The molecule has 94 valence electrons. The number of hydrogen-bond donors (Lipinski definition) is 2. The summed E-state index contributed by atoms with van der Waals surface area (Å²) in [6, 6.07) is 0. The second-order valence-electron chi connectivity index (χ2n) is 5.36. The van der Waals surface area contributed by atoms with Gasteiger partial charge in [-0.2, -0.15) is 0 Å². The molecule has 0 aromatic heterocycles. The molecule has 16 heavy (non-hydrogen) atoms. The Balaban J connectivity index is 2.24. The van der Waals surface area contributed by atoms with Crippen LogP contribution in [0.1, 0.15) is 58.8 Å². The third-order valence-electron chi connectivity index (χ3n) is 3.93. The van der Waals surface area contributed by atoms with Gasteiger partial charge in [0.2, 0.25) is 5.91 Å². The Bertz CT molecular complexity index is 218. The predicted octanol–water partition coefficient (Wildman–Crippen LogP) is 2.20. The first kappa shape index (κ1) is 13.5. The summed E-state index contributed by atoms with van der Waals surface area (Å²) >= 11 is 0. The van der Waals surface area contributed by atoms with E-state index in [9.17, 15) is 4.79 Å². The summed E-state index contributed by atoms with van der Waals surface area (Å²) in [5.41, 5.74) is 5.45. The largest absolute Gasteiger partial charge is 0.350 e. The van der Waals surface area contributed by atoms with Crippen molar-refractivity contribution in [3.63, 3.8) is 0 Å². The van der Waals surface area contributed by atoms with Gasteiger partial charge in [-0.1, -0.05) is 32.6 Å². The van der Waals surface area contributed by atoms with E-state index in [0.717, 1.165) is 18.8 Å². The number of hydrogen-bond acceptors (Lipinski definition) is 2. The van der Waals surface area contributed by atoms with Crippen LogP contribution in [0, 0.1) is 5.92 Å². The van der Waals surface area contributed by atoms with Crippen molar-refractivity contribution in [3.8, 4) is 0 Å². The highest BCUT2D eigenvalue weighted by atomic mass is 16.1. The highest BCUT2D eigenvalue weighted by molar-refractivity contribution is 5.76. The number of amides is 1. The van der Waals surface area contributed by atoms with Crippen molar-refractivity contribution >= 4 is 5.91 Å². The molecule has 3 nitrogen and oxygen atoms in total. The third kappa shape index (κ3) is 4.12. The van der Waals surface area contributed by atoms with E-state index in [-0.39, 0.29) is 11.4 Å². The van der Waals surface area contributed by atoms with E-state index in [2.05, 4.69) is 12.2 Å². The average Bonchev–Trinajstić information content (AvgIpc) is 2.79. The summed E-state index contributed by atoms with van der Waals surface area (Å²) in [4.78, 5) is 11.8. The molecule has 1 unspecified atom stereocenters. The summed E-state index contributed by atoms with van der Waals surface area (Å²) in [6.07, 6.45) is 7.93. The predicted molar refractivity (Wildman–Crippen MR) is 67.1 cm³/mol. The maximum Gasteiger partial charge on any atom is 0.220 e. The van der Waals surface area contributed by atoms with Gasteiger partial charge in [-0.3, -0.25) is 4.79 Å². The van der Waals surface area contributed by atoms with Crippen molar-refractivity contribution in [1.82, 2.24) is 5.32 Å². The Labute approximate surface area is 99.2 Å². The second kappa shape index (κ2) is 6.24. The summed E-state index contributed by atoms with van der Waals surface area (Å²) < 4.78 is 0. The van der Waals surface area contributed by atoms with Gasteiger partial charge >= 0.3 is 0 Å². The minimum Gasteiger partial charge on any atom is -0.350 e. The summed E-state index contributed by atoms with van der Waals surface area (Å²) in [5.74, 6) is 0.957. The maximum absolute atomic E-state index is 11.8. The topological polar surface area (TPSA) is 55.1 Å². The van der Waals surface area contributed by atoms with Gasteiger partial charge in [-0.05, 0) is 25.7 Å². The fourth-order valence-corrected chi connectivity index (χ4v) is 2.32. The molecule has 1 fully saturated rings. The molecule has 0 aromatic rings. The van der Waals surface area contributed by atoms with E-state index in [0.29, 0.717) is 13.0 Å². The van der Waals surface area contributed by atoms with Crippen LogP contribution in [-0.4, -0.2) is 18.0 Å². The van der Waals surface area contributed by atoms with E-state index >= 15 is 0 Å².